The van der Waals surface area contributed by atoms with Crippen LogP contribution in [0.3, 0.4) is 0 Å². The molecule has 0 atom stereocenters. The van der Waals surface area contributed by atoms with Crippen LogP contribution in [0.5, 0.6) is 5.75 Å². The molecule has 6 nitrogen and oxygen atoms in total. The molecule has 0 saturated carbocycles. The van der Waals surface area contributed by atoms with Gasteiger partial charge < -0.3 is 9.84 Å². The van der Waals surface area contributed by atoms with Gasteiger partial charge in [-0.25, -0.2) is 4.68 Å². The Hall–Kier alpha value is -2.37. The Morgan fingerprint density at radius 3 is 2.63 bits per heavy atom. The van der Waals surface area contributed by atoms with E-state index in [1.807, 2.05) is 38.1 Å². The molecule has 0 bridgehead atoms. The van der Waals surface area contributed by atoms with Gasteiger partial charge in [-0.3, -0.25) is 4.79 Å². The van der Waals surface area contributed by atoms with Gasteiger partial charge in [0.05, 0.1) is 18.0 Å². The van der Waals surface area contributed by atoms with Crippen LogP contribution in [0.15, 0.2) is 30.5 Å². The third-order valence-corrected chi connectivity index (χ3v) is 2.42. The van der Waals surface area contributed by atoms with Gasteiger partial charge in [-0.2, -0.15) is 0 Å². The van der Waals surface area contributed by atoms with E-state index in [1.165, 1.54) is 4.68 Å². The van der Waals surface area contributed by atoms with E-state index < -0.39 is 5.97 Å². The van der Waals surface area contributed by atoms with Crippen LogP contribution in [0.1, 0.15) is 13.8 Å². The van der Waals surface area contributed by atoms with Crippen LogP contribution in [-0.4, -0.2) is 32.2 Å². The predicted octanol–water partition coefficient (Wildman–Crippen LogP) is 1.82. The number of ether oxygens (including phenoxy) is 1. The van der Waals surface area contributed by atoms with Crippen LogP contribution >= 0.6 is 0 Å². The quantitative estimate of drug-likeness (QED) is 0.888. The molecule has 0 aliphatic heterocycles. The zero-order chi connectivity index (χ0) is 13.8. The summed E-state index contributed by atoms with van der Waals surface area (Å²) in [6, 6.07) is 7.39. The van der Waals surface area contributed by atoms with Crippen molar-refractivity contribution in [2.75, 3.05) is 0 Å². The minimum atomic E-state index is -0.952. The summed E-state index contributed by atoms with van der Waals surface area (Å²) in [5, 5.41) is 16.3. The van der Waals surface area contributed by atoms with Crippen LogP contribution < -0.4 is 4.74 Å². The maximum absolute atomic E-state index is 10.7. The molecule has 1 aromatic heterocycles. The first-order chi connectivity index (χ1) is 9.06. The Kier molecular flexibility index (Phi) is 3.79. The van der Waals surface area contributed by atoms with Gasteiger partial charge in [-0.15, -0.1) is 5.10 Å². The maximum atomic E-state index is 10.7. The van der Waals surface area contributed by atoms with E-state index >= 15 is 0 Å². The van der Waals surface area contributed by atoms with Crippen LogP contribution in [0.25, 0.3) is 11.3 Å². The molecule has 0 unspecified atom stereocenters. The summed E-state index contributed by atoms with van der Waals surface area (Å²) < 4.78 is 6.90. The summed E-state index contributed by atoms with van der Waals surface area (Å²) in [4.78, 5) is 10.7. The number of carboxylic acid groups (broad SMARTS) is 1. The second kappa shape index (κ2) is 5.51. The first kappa shape index (κ1) is 13.1. The fourth-order valence-corrected chi connectivity index (χ4v) is 1.70. The molecule has 0 saturated heterocycles. The smallest absolute Gasteiger partial charge is 0.325 e. The average Bonchev–Trinajstić information content (AvgIpc) is 2.76. The van der Waals surface area contributed by atoms with Gasteiger partial charge in [0.2, 0.25) is 0 Å². The first-order valence-electron chi connectivity index (χ1n) is 5.93. The van der Waals surface area contributed by atoms with Gasteiger partial charge in [-0.05, 0) is 38.1 Å². The molecule has 1 heterocycles. The van der Waals surface area contributed by atoms with Gasteiger partial charge in [0.1, 0.15) is 12.3 Å². The topological polar surface area (TPSA) is 77.2 Å². The molecule has 0 aliphatic carbocycles. The lowest BCUT2D eigenvalue weighted by molar-refractivity contribution is -0.137. The van der Waals surface area contributed by atoms with E-state index in [0.717, 1.165) is 11.3 Å². The van der Waals surface area contributed by atoms with Crippen LogP contribution in [0, 0.1) is 0 Å². The molecular formula is C13H15N3O3. The monoisotopic (exact) mass is 261 g/mol. The lowest BCUT2D eigenvalue weighted by Gasteiger charge is -2.10. The summed E-state index contributed by atoms with van der Waals surface area (Å²) in [6.07, 6.45) is 1.66. The third-order valence-electron chi connectivity index (χ3n) is 2.42. The van der Waals surface area contributed by atoms with E-state index in [0.29, 0.717) is 5.69 Å². The Balaban J connectivity index is 2.22. The first-order valence-corrected chi connectivity index (χ1v) is 5.93. The summed E-state index contributed by atoms with van der Waals surface area (Å²) in [5.41, 5.74) is 1.51. The molecule has 0 spiro atoms. The van der Waals surface area contributed by atoms with Crippen molar-refractivity contribution in [2.24, 2.45) is 0 Å². The van der Waals surface area contributed by atoms with Gasteiger partial charge in [0.15, 0.2) is 0 Å². The summed E-state index contributed by atoms with van der Waals surface area (Å²) in [6.45, 7) is 3.71. The van der Waals surface area contributed by atoms with Crippen molar-refractivity contribution in [2.45, 2.75) is 26.5 Å². The molecule has 100 valence electrons. The Morgan fingerprint density at radius 2 is 2.05 bits per heavy atom. The second-order valence-electron chi connectivity index (χ2n) is 4.36. The highest BCUT2D eigenvalue weighted by atomic mass is 16.5. The molecule has 1 N–H and O–H groups in total. The average molecular weight is 261 g/mol. The minimum Gasteiger partial charge on any atom is -0.491 e. The predicted molar refractivity (Wildman–Crippen MR) is 68.9 cm³/mol. The molecule has 0 fully saturated rings. The highest BCUT2D eigenvalue weighted by molar-refractivity contribution is 5.68. The summed E-state index contributed by atoms with van der Waals surface area (Å²) >= 11 is 0. The number of hydrogen-bond donors (Lipinski definition) is 1. The fraction of sp³-hybridized carbons (Fsp3) is 0.308. The minimum absolute atomic E-state index is 0.116. The number of aliphatic carboxylic acids is 1. The molecule has 1 aromatic carbocycles. The molecule has 0 radical (unpaired) electrons. The van der Waals surface area contributed by atoms with E-state index in [-0.39, 0.29) is 12.6 Å². The van der Waals surface area contributed by atoms with Crippen LogP contribution in [-0.2, 0) is 11.3 Å². The van der Waals surface area contributed by atoms with Gasteiger partial charge >= 0.3 is 5.97 Å². The van der Waals surface area contributed by atoms with E-state index in [2.05, 4.69) is 10.3 Å². The number of carboxylic acids is 1. The van der Waals surface area contributed by atoms with Crippen molar-refractivity contribution in [3.63, 3.8) is 0 Å². The molecule has 2 rings (SSSR count). The lowest BCUT2D eigenvalue weighted by atomic mass is 10.1. The van der Waals surface area contributed by atoms with Crippen molar-refractivity contribution < 1.29 is 14.6 Å². The molecule has 0 amide bonds. The normalized spacial score (nSPS) is 10.7. The Morgan fingerprint density at radius 1 is 1.37 bits per heavy atom. The Bertz CT molecular complexity index is 561. The fourth-order valence-electron chi connectivity index (χ4n) is 1.70. The van der Waals surface area contributed by atoms with E-state index in [1.54, 1.807) is 6.20 Å². The number of aromatic nitrogens is 3. The molecule has 19 heavy (non-hydrogen) atoms. The van der Waals surface area contributed by atoms with Crippen LogP contribution in [0.4, 0.5) is 0 Å². The number of rotatable bonds is 5. The van der Waals surface area contributed by atoms with Crippen molar-refractivity contribution >= 4 is 5.97 Å². The maximum Gasteiger partial charge on any atom is 0.325 e. The number of benzene rings is 1. The van der Waals surface area contributed by atoms with Gasteiger partial charge in [0, 0.05) is 5.56 Å². The van der Waals surface area contributed by atoms with E-state index in [4.69, 9.17) is 9.84 Å². The second-order valence-corrected chi connectivity index (χ2v) is 4.36. The number of hydrogen-bond acceptors (Lipinski definition) is 4. The van der Waals surface area contributed by atoms with Crippen molar-refractivity contribution in [3.8, 4) is 17.0 Å². The number of nitrogens with zero attached hydrogens (tertiary/aromatic N) is 3. The lowest BCUT2D eigenvalue weighted by Crippen LogP contribution is -2.11. The van der Waals surface area contributed by atoms with Crippen LogP contribution in [0.2, 0.25) is 0 Å². The highest BCUT2D eigenvalue weighted by Gasteiger charge is 2.09. The molecule has 6 heteroatoms. The zero-order valence-electron chi connectivity index (χ0n) is 10.8. The number of carbonyl (C=O) groups is 1. The van der Waals surface area contributed by atoms with E-state index in [9.17, 15) is 4.79 Å². The largest absolute Gasteiger partial charge is 0.491 e. The van der Waals surface area contributed by atoms with Crippen molar-refractivity contribution in [1.82, 2.24) is 15.0 Å². The highest BCUT2D eigenvalue weighted by Crippen LogP contribution is 2.22. The molecule has 2 aromatic rings. The van der Waals surface area contributed by atoms with Gasteiger partial charge in [0.25, 0.3) is 0 Å². The zero-order valence-corrected chi connectivity index (χ0v) is 10.8. The SMILES string of the molecule is CC(C)Oc1ccc(-c2cnnn2CC(=O)O)cc1. The Labute approximate surface area is 110 Å². The summed E-state index contributed by atoms with van der Waals surface area (Å²) in [5.74, 6) is -0.178. The van der Waals surface area contributed by atoms with Crippen molar-refractivity contribution in [1.29, 1.82) is 0 Å². The summed E-state index contributed by atoms with van der Waals surface area (Å²) in [7, 11) is 0. The molecule has 0 aliphatic rings. The third kappa shape index (κ3) is 3.31. The van der Waals surface area contributed by atoms with Crippen molar-refractivity contribution in [3.05, 3.63) is 30.5 Å². The van der Waals surface area contributed by atoms with Gasteiger partial charge in [-0.1, -0.05) is 5.21 Å². The molecular weight excluding hydrogens is 246 g/mol. The standard InChI is InChI=1S/C13H15N3O3/c1-9(2)19-11-5-3-10(4-6-11)12-7-14-15-16(12)8-13(17)18/h3-7,9H,8H2,1-2H3,(H,17,18).